The molecule has 1 amide bonds. The van der Waals surface area contributed by atoms with E-state index < -0.39 is 0 Å². The molecule has 4 rings (SSSR count). The molecule has 1 aliphatic heterocycles. The highest BCUT2D eigenvalue weighted by molar-refractivity contribution is 8.26. The van der Waals surface area contributed by atoms with E-state index in [-0.39, 0.29) is 23.6 Å². The van der Waals surface area contributed by atoms with E-state index in [1.54, 1.807) is 21.6 Å². The van der Waals surface area contributed by atoms with Gasteiger partial charge in [-0.3, -0.25) is 18.9 Å². The second-order valence-corrected chi connectivity index (χ2v) is 10.1. The van der Waals surface area contributed by atoms with Gasteiger partial charge in [-0.05, 0) is 50.8 Å². The number of aromatic nitrogens is 2. The fourth-order valence-corrected chi connectivity index (χ4v) is 5.56. The second kappa shape index (κ2) is 9.12. The van der Waals surface area contributed by atoms with Crippen LogP contribution < -0.4 is 10.9 Å². The first kappa shape index (κ1) is 22.0. The summed E-state index contributed by atoms with van der Waals surface area (Å²) in [5.41, 5.74) is 1.80. The lowest BCUT2D eigenvalue weighted by molar-refractivity contribution is -0.123. The summed E-state index contributed by atoms with van der Waals surface area (Å²) in [5.74, 6) is 0.413. The molecule has 2 aromatic heterocycles. The van der Waals surface area contributed by atoms with Crippen molar-refractivity contribution in [1.29, 1.82) is 0 Å². The van der Waals surface area contributed by atoms with Crippen molar-refractivity contribution >= 4 is 51.7 Å². The normalized spacial score (nSPS) is 20.1. The highest BCUT2D eigenvalue weighted by atomic mass is 32.2. The van der Waals surface area contributed by atoms with E-state index in [0.29, 0.717) is 26.3 Å². The highest BCUT2D eigenvalue weighted by Gasteiger charge is 2.35. The lowest BCUT2D eigenvalue weighted by Gasteiger charge is -2.24. The molecule has 0 aromatic carbocycles. The third-order valence-electron chi connectivity index (χ3n) is 6.08. The Morgan fingerprint density at radius 2 is 2.03 bits per heavy atom. The van der Waals surface area contributed by atoms with Crippen LogP contribution in [0.1, 0.15) is 63.5 Å². The summed E-state index contributed by atoms with van der Waals surface area (Å²) in [7, 11) is 0. The number of aryl methyl sites for hydroxylation is 1. The van der Waals surface area contributed by atoms with Crippen LogP contribution in [0.2, 0.25) is 0 Å². The van der Waals surface area contributed by atoms with Crippen molar-refractivity contribution in [1.82, 2.24) is 14.3 Å². The first-order chi connectivity index (χ1) is 14.9. The number of anilines is 1. The molecular weight excluding hydrogens is 428 g/mol. The average molecular weight is 457 g/mol. The molecule has 1 aliphatic carbocycles. The van der Waals surface area contributed by atoms with E-state index >= 15 is 0 Å². The number of amides is 1. The third-order valence-corrected chi connectivity index (χ3v) is 7.41. The van der Waals surface area contributed by atoms with Crippen molar-refractivity contribution < 1.29 is 4.79 Å². The molecule has 3 heterocycles. The van der Waals surface area contributed by atoms with Gasteiger partial charge in [-0.1, -0.05) is 56.2 Å². The van der Waals surface area contributed by atoms with Crippen LogP contribution in [0, 0.1) is 6.92 Å². The van der Waals surface area contributed by atoms with Crippen LogP contribution in [0.4, 0.5) is 5.82 Å². The molecule has 8 heteroatoms. The first-order valence-electron chi connectivity index (χ1n) is 11.0. The van der Waals surface area contributed by atoms with E-state index in [1.807, 2.05) is 32.9 Å². The maximum Gasteiger partial charge on any atom is 0.267 e. The number of hydrogen-bond donors (Lipinski definition) is 1. The zero-order valence-electron chi connectivity index (χ0n) is 18.2. The number of hydrogen-bond acceptors (Lipinski definition) is 6. The minimum absolute atomic E-state index is 0.0247. The summed E-state index contributed by atoms with van der Waals surface area (Å²) in [6.07, 6.45) is 9.99. The molecular formula is C23H28N4O2S2. The van der Waals surface area contributed by atoms with Crippen LogP contribution in [0.5, 0.6) is 0 Å². The predicted octanol–water partition coefficient (Wildman–Crippen LogP) is 4.75. The Morgan fingerprint density at radius 3 is 2.74 bits per heavy atom. The number of thioether (sulfide) groups is 1. The van der Waals surface area contributed by atoms with Gasteiger partial charge in [0.2, 0.25) is 0 Å². The van der Waals surface area contributed by atoms with Crippen LogP contribution in [0.15, 0.2) is 28.0 Å². The van der Waals surface area contributed by atoms with Crippen LogP contribution >= 0.6 is 24.0 Å². The average Bonchev–Trinajstić information content (AvgIpc) is 3.04. The van der Waals surface area contributed by atoms with E-state index in [1.165, 1.54) is 31.0 Å². The molecule has 1 unspecified atom stereocenters. The Bertz CT molecular complexity index is 1120. The van der Waals surface area contributed by atoms with Gasteiger partial charge in [-0.15, -0.1) is 0 Å². The molecule has 1 saturated carbocycles. The first-order valence-corrected chi connectivity index (χ1v) is 12.2. The van der Waals surface area contributed by atoms with Crippen molar-refractivity contribution in [2.75, 3.05) is 5.32 Å². The molecule has 1 atom stereocenters. The lowest BCUT2D eigenvalue weighted by Crippen LogP contribution is -2.36. The summed E-state index contributed by atoms with van der Waals surface area (Å²) in [4.78, 5) is 33.4. The summed E-state index contributed by atoms with van der Waals surface area (Å²) in [6.45, 7) is 5.96. The molecule has 164 valence electrons. The van der Waals surface area contributed by atoms with Crippen molar-refractivity contribution in [3.8, 4) is 0 Å². The number of fused-ring (bicyclic) bond motifs is 1. The Morgan fingerprint density at radius 1 is 1.29 bits per heavy atom. The van der Waals surface area contributed by atoms with Crippen LogP contribution in [0.25, 0.3) is 11.7 Å². The summed E-state index contributed by atoms with van der Waals surface area (Å²) >= 11 is 6.71. The zero-order valence-corrected chi connectivity index (χ0v) is 19.8. The van der Waals surface area contributed by atoms with E-state index in [4.69, 9.17) is 17.2 Å². The van der Waals surface area contributed by atoms with E-state index in [2.05, 4.69) is 5.32 Å². The molecule has 0 radical (unpaired) electrons. The van der Waals surface area contributed by atoms with E-state index in [0.717, 1.165) is 24.8 Å². The fraction of sp³-hybridized carbons (Fsp3) is 0.478. The van der Waals surface area contributed by atoms with Crippen molar-refractivity contribution in [3.05, 3.63) is 44.7 Å². The summed E-state index contributed by atoms with van der Waals surface area (Å²) in [6, 6.07) is 4.12. The Kier molecular flexibility index (Phi) is 6.48. The van der Waals surface area contributed by atoms with Crippen molar-refractivity contribution in [2.24, 2.45) is 0 Å². The van der Waals surface area contributed by atoms with Gasteiger partial charge in [0.05, 0.1) is 10.5 Å². The van der Waals surface area contributed by atoms with Crippen molar-refractivity contribution in [2.45, 2.75) is 71.4 Å². The Hall–Kier alpha value is -2.19. The maximum atomic E-state index is 13.5. The number of carbonyl (C=O) groups is 1. The molecule has 2 aromatic rings. The maximum absolute atomic E-state index is 13.5. The number of nitrogens with zero attached hydrogens (tertiary/aromatic N) is 3. The largest absolute Gasteiger partial charge is 0.367 e. The van der Waals surface area contributed by atoms with Gasteiger partial charge in [-0.25, -0.2) is 4.98 Å². The number of carbonyl (C=O) groups excluding carboxylic acids is 1. The molecule has 2 fully saturated rings. The Balaban J connectivity index is 1.81. The second-order valence-electron chi connectivity index (χ2n) is 8.40. The minimum atomic E-state index is -0.180. The topological polar surface area (TPSA) is 66.7 Å². The number of thiocarbonyl (C=S) groups is 1. The van der Waals surface area contributed by atoms with Crippen LogP contribution in [0.3, 0.4) is 0 Å². The molecule has 0 bridgehead atoms. The van der Waals surface area contributed by atoms with Crippen LogP contribution in [-0.2, 0) is 4.79 Å². The zero-order chi connectivity index (χ0) is 22.1. The highest BCUT2D eigenvalue weighted by Crippen LogP contribution is 2.35. The smallest absolute Gasteiger partial charge is 0.267 e. The molecule has 1 N–H and O–H groups in total. The molecule has 1 saturated heterocycles. The van der Waals surface area contributed by atoms with Gasteiger partial charge in [-0.2, -0.15) is 0 Å². The molecule has 0 spiro atoms. The third kappa shape index (κ3) is 4.41. The SMILES string of the molecule is CCC(C)N1C(=O)C(=Cc2c(NC3CCCCC3)nc3ccc(C)cn3c2=O)SC1=S. The lowest BCUT2D eigenvalue weighted by atomic mass is 9.95. The monoisotopic (exact) mass is 456 g/mol. The standard InChI is InChI=1S/C23H28N4O2S2/c1-4-15(3)27-22(29)18(31-23(27)30)12-17-20(24-16-8-6-5-7-9-16)25-19-11-10-14(2)13-26(19)21(17)28/h10-13,15-16,24H,4-9H2,1-3H3. The van der Waals surface area contributed by atoms with Gasteiger partial charge in [0.1, 0.15) is 15.8 Å². The van der Waals surface area contributed by atoms with Gasteiger partial charge in [0.15, 0.2) is 0 Å². The number of pyridine rings is 1. The molecule has 31 heavy (non-hydrogen) atoms. The summed E-state index contributed by atoms with van der Waals surface area (Å²) < 4.78 is 2.10. The minimum Gasteiger partial charge on any atom is -0.367 e. The van der Waals surface area contributed by atoms with Gasteiger partial charge < -0.3 is 5.32 Å². The van der Waals surface area contributed by atoms with Gasteiger partial charge in [0, 0.05) is 18.3 Å². The number of rotatable bonds is 5. The summed E-state index contributed by atoms with van der Waals surface area (Å²) in [5, 5.41) is 3.51. The predicted molar refractivity (Wildman–Crippen MR) is 131 cm³/mol. The van der Waals surface area contributed by atoms with Gasteiger partial charge >= 0.3 is 0 Å². The fourth-order valence-electron chi connectivity index (χ4n) is 4.11. The van der Waals surface area contributed by atoms with E-state index in [9.17, 15) is 9.59 Å². The van der Waals surface area contributed by atoms with Crippen molar-refractivity contribution in [3.63, 3.8) is 0 Å². The molecule has 2 aliphatic rings. The molecule has 6 nitrogen and oxygen atoms in total. The number of nitrogens with one attached hydrogen (secondary N) is 1. The van der Waals surface area contributed by atoms with Gasteiger partial charge in [0.25, 0.3) is 11.5 Å². The Labute approximate surface area is 192 Å². The van der Waals surface area contributed by atoms with Crippen LogP contribution in [-0.4, -0.2) is 36.6 Å². The quantitative estimate of drug-likeness (QED) is 0.517.